The molecule has 2 rings (SSSR count). The first-order valence-corrected chi connectivity index (χ1v) is 6.61. The Morgan fingerprint density at radius 3 is 2.50 bits per heavy atom. The fourth-order valence-electron chi connectivity index (χ4n) is 1.36. The van der Waals surface area contributed by atoms with E-state index < -0.39 is 10.0 Å². The highest BCUT2D eigenvalue weighted by molar-refractivity contribution is 7.89. The largest absolute Gasteiger partial charge is 0.472 e. The zero-order valence-corrected chi connectivity index (χ0v) is 10.1. The molecule has 0 spiro atoms. The summed E-state index contributed by atoms with van der Waals surface area (Å²) in [7, 11) is -3.56. The minimum absolute atomic E-state index is 0.130. The number of benzene rings is 1. The minimum atomic E-state index is -3.56. The molecule has 0 radical (unpaired) electrons. The maximum atomic E-state index is 11.9. The van der Waals surface area contributed by atoms with Crippen molar-refractivity contribution < 1.29 is 12.8 Å². The van der Waals surface area contributed by atoms with Gasteiger partial charge in [0.05, 0.1) is 29.1 Å². The Bertz CT molecular complexity index is 652. The van der Waals surface area contributed by atoms with Crippen molar-refractivity contribution in [3.63, 3.8) is 0 Å². The Balaban J connectivity index is 2.13. The second-order valence-corrected chi connectivity index (χ2v) is 5.36. The van der Waals surface area contributed by atoms with E-state index in [1.807, 2.05) is 6.07 Å². The summed E-state index contributed by atoms with van der Waals surface area (Å²) in [5.74, 6) is 0. The standard InChI is InChI=1S/C12H10N2O3S/c13-7-10-1-3-12(4-2-10)18(15,16)14-8-11-5-6-17-9-11/h1-6,9,14H,8H2. The molecule has 1 N–H and O–H groups in total. The summed E-state index contributed by atoms with van der Waals surface area (Å²) in [6.07, 6.45) is 2.95. The van der Waals surface area contributed by atoms with Gasteiger partial charge in [-0.1, -0.05) is 0 Å². The second kappa shape index (κ2) is 5.04. The molecule has 1 heterocycles. The van der Waals surface area contributed by atoms with E-state index in [1.54, 1.807) is 6.07 Å². The van der Waals surface area contributed by atoms with Gasteiger partial charge in [-0.25, -0.2) is 13.1 Å². The van der Waals surface area contributed by atoms with Crippen LogP contribution in [0.5, 0.6) is 0 Å². The van der Waals surface area contributed by atoms with Crippen molar-refractivity contribution in [2.75, 3.05) is 0 Å². The zero-order chi connectivity index (χ0) is 13.0. The highest BCUT2D eigenvalue weighted by Crippen LogP contribution is 2.11. The fourth-order valence-corrected chi connectivity index (χ4v) is 2.38. The van der Waals surface area contributed by atoms with Gasteiger partial charge in [0.1, 0.15) is 0 Å². The summed E-state index contributed by atoms with van der Waals surface area (Å²) in [4.78, 5) is 0.130. The van der Waals surface area contributed by atoms with E-state index in [0.717, 1.165) is 5.56 Å². The number of rotatable bonds is 4. The van der Waals surface area contributed by atoms with E-state index >= 15 is 0 Å². The van der Waals surface area contributed by atoms with E-state index in [0.29, 0.717) is 5.56 Å². The van der Waals surface area contributed by atoms with Crippen LogP contribution in [0.3, 0.4) is 0 Å². The third-order valence-corrected chi connectivity index (χ3v) is 3.76. The normalized spacial score (nSPS) is 11.1. The van der Waals surface area contributed by atoms with Crippen LogP contribution in [0.1, 0.15) is 11.1 Å². The molecule has 0 saturated carbocycles. The number of nitrogens with zero attached hydrogens (tertiary/aromatic N) is 1. The minimum Gasteiger partial charge on any atom is -0.472 e. The van der Waals surface area contributed by atoms with Gasteiger partial charge in [0, 0.05) is 12.1 Å². The van der Waals surface area contributed by atoms with Crippen LogP contribution in [0.15, 0.2) is 52.2 Å². The van der Waals surface area contributed by atoms with E-state index in [1.165, 1.54) is 36.8 Å². The third-order valence-electron chi connectivity index (χ3n) is 2.34. The molecule has 0 amide bonds. The monoisotopic (exact) mass is 262 g/mol. The van der Waals surface area contributed by atoms with Crippen LogP contribution in [-0.2, 0) is 16.6 Å². The van der Waals surface area contributed by atoms with Crippen molar-refractivity contribution in [2.24, 2.45) is 0 Å². The van der Waals surface area contributed by atoms with Crippen LogP contribution in [0.2, 0.25) is 0 Å². The molecule has 92 valence electrons. The van der Waals surface area contributed by atoms with Crippen molar-refractivity contribution in [3.05, 3.63) is 54.0 Å². The Morgan fingerprint density at radius 1 is 1.22 bits per heavy atom. The molecule has 18 heavy (non-hydrogen) atoms. The third kappa shape index (κ3) is 2.77. The van der Waals surface area contributed by atoms with Crippen molar-refractivity contribution in [2.45, 2.75) is 11.4 Å². The number of nitrogens with one attached hydrogen (secondary N) is 1. The van der Waals surface area contributed by atoms with E-state index in [9.17, 15) is 8.42 Å². The van der Waals surface area contributed by atoms with Crippen LogP contribution in [0, 0.1) is 11.3 Å². The highest BCUT2D eigenvalue weighted by Gasteiger charge is 2.13. The van der Waals surface area contributed by atoms with Gasteiger partial charge in [0.15, 0.2) is 0 Å². The molecule has 0 aliphatic rings. The Hall–Kier alpha value is -2.10. The number of furan rings is 1. The van der Waals surface area contributed by atoms with Gasteiger partial charge in [-0.05, 0) is 30.3 Å². The number of hydrogen-bond acceptors (Lipinski definition) is 4. The lowest BCUT2D eigenvalue weighted by atomic mass is 10.2. The van der Waals surface area contributed by atoms with Crippen molar-refractivity contribution in [3.8, 4) is 6.07 Å². The van der Waals surface area contributed by atoms with Crippen LogP contribution in [0.25, 0.3) is 0 Å². The molecule has 0 aliphatic heterocycles. The Morgan fingerprint density at radius 2 is 1.94 bits per heavy atom. The van der Waals surface area contributed by atoms with Crippen LogP contribution >= 0.6 is 0 Å². The topological polar surface area (TPSA) is 83.1 Å². The fraction of sp³-hybridized carbons (Fsp3) is 0.0833. The predicted molar refractivity (Wildman–Crippen MR) is 63.9 cm³/mol. The number of hydrogen-bond donors (Lipinski definition) is 1. The lowest BCUT2D eigenvalue weighted by Gasteiger charge is -2.05. The van der Waals surface area contributed by atoms with Gasteiger partial charge >= 0.3 is 0 Å². The summed E-state index contributed by atoms with van der Waals surface area (Å²) in [6, 6.07) is 9.34. The van der Waals surface area contributed by atoms with Crippen molar-refractivity contribution in [1.82, 2.24) is 4.72 Å². The van der Waals surface area contributed by atoms with Crippen molar-refractivity contribution in [1.29, 1.82) is 5.26 Å². The van der Waals surface area contributed by atoms with Gasteiger partial charge in [-0.2, -0.15) is 5.26 Å². The van der Waals surface area contributed by atoms with Crippen LogP contribution < -0.4 is 4.72 Å². The first-order valence-electron chi connectivity index (χ1n) is 5.13. The molecular weight excluding hydrogens is 252 g/mol. The number of sulfonamides is 1. The second-order valence-electron chi connectivity index (χ2n) is 3.59. The molecule has 0 fully saturated rings. The summed E-state index contributed by atoms with van der Waals surface area (Å²) in [5.41, 5.74) is 1.16. The SMILES string of the molecule is N#Cc1ccc(S(=O)(=O)NCc2ccoc2)cc1. The van der Waals surface area contributed by atoms with Gasteiger partial charge in [0.25, 0.3) is 0 Å². The predicted octanol–water partition coefficient (Wildman–Crippen LogP) is 1.63. The number of nitriles is 1. The molecular formula is C12H10N2O3S. The average molecular weight is 262 g/mol. The summed E-state index contributed by atoms with van der Waals surface area (Å²) >= 11 is 0. The quantitative estimate of drug-likeness (QED) is 0.907. The van der Waals surface area contributed by atoms with Gasteiger partial charge in [-0.15, -0.1) is 0 Å². The molecule has 5 nitrogen and oxygen atoms in total. The first kappa shape index (κ1) is 12.4. The first-order chi connectivity index (χ1) is 8.62. The van der Waals surface area contributed by atoms with Crippen LogP contribution in [0.4, 0.5) is 0 Å². The maximum Gasteiger partial charge on any atom is 0.240 e. The van der Waals surface area contributed by atoms with Gasteiger partial charge in [0.2, 0.25) is 10.0 Å². The Labute approximate surface area is 105 Å². The van der Waals surface area contributed by atoms with Gasteiger partial charge < -0.3 is 4.42 Å². The van der Waals surface area contributed by atoms with Crippen LogP contribution in [-0.4, -0.2) is 8.42 Å². The summed E-state index contributed by atoms with van der Waals surface area (Å²) < 4.78 is 31.1. The molecule has 0 aliphatic carbocycles. The van der Waals surface area contributed by atoms with Crippen molar-refractivity contribution >= 4 is 10.0 Å². The molecule has 1 aromatic heterocycles. The molecule has 0 saturated heterocycles. The summed E-state index contributed by atoms with van der Waals surface area (Å²) in [6.45, 7) is 0.166. The smallest absolute Gasteiger partial charge is 0.240 e. The molecule has 1 aromatic carbocycles. The molecule has 2 aromatic rings. The van der Waals surface area contributed by atoms with E-state index in [2.05, 4.69) is 4.72 Å². The summed E-state index contributed by atoms with van der Waals surface area (Å²) in [5, 5.41) is 8.63. The molecule has 0 bridgehead atoms. The Kier molecular flexibility index (Phi) is 3.46. The molecule has 6 heteroatoms. The average Bonchev–Trinajstić information content (AvgIpc) is 2.90. The lowest BCUT2D eigenvalue weighted by Crippen LogP contribution is -2.22. The molecule has 0 unspecified atom stereocenters. The lowest BCUT2D eigenvalue weighted by molar-refractivity contribution is 0.561. The molecule has 0 atom stereocenters. The van der Waals surface area contributed by atoms with Gasteiger partial charge in [-0.3, -0.25) is 0 Å². The van der Waals surface area contributed by atoms with E-state index in [4.69, 9.17) is 9.68 Å². The maximum absolute atomic E-state index is 11.9. The zero-order valence-electron chi connectivity index (χ0n) is 9.33. The van der Waals surface area contributed by atoms with E-state index in [-0.39, 0.29) is 11.4 Å². The highest BCUT2D eigenvalue weighted by atomic mass is 32.2.